The first-order valence-corrected chi connectivity index (χ1v) is 11.6. The molecule has 0 unspecified atom stereocenters. The van der Waals surface area contributed by atoms with Crippen LogP contribution in [-0.2, 0) is 13.0 Å². The Balaban J connectivity index is 1.11. The van der Waals surface area contributed by atoms with Crippen LogP contribution in [0.2, 0.25) is 0 Å². The molecule has 2 aliphatic rings. The van der Waals surface area contributed by atoms with E-state index in [9.17, 15) is 9.90 Å². The smallest absolute Gasteiger partial charge is 0.232 e. The number of rotatable bonds is 8. The summed E-state index contributed by atoms with van der Waals surface area (Å²) in [7, 11) is 0. The monoisotopic (exact) mass is 443 g/mol. The third-order valence-electron chi connectivity index (χ3n) is 6.82. The summed E-state index contributed by atoms with van der Waals surface area (Å²) in [5.41, 5.74) is 1.96. The van der Waals surface area contributed by atoms with Crippen molar-refractivity contribution in [1.29, 1.82) is 0 Å². The van der Waals surface area contributed by atoms with Crippen molar-refractivity contribution < 1.29 is 14.6 Å². The Bertz CT molecular complexity index is 1060. The first-order valence-electron chi connectivity index (χ1n) is 11.6. The molecular weight excluding hydrogens is 414 g/mol. The van der Waals surface area contributed by atoms with Crippen LogP contribution in [0.1, 0.15) is 34.5 Å². The van der Waals surface area contributed by atoms with Gasteiger partial charge in [-0.2, -0.15) is 0 Å². The summed E-state index contributed by atoms with van der Waals surface area (Å²) >= 11 is 0. The van der Waals surface area contributed by atoms with Crippen LogP contribution < -0.4 is 4.74 Å². The van der Waals surface area contributed by atoms with E-state index in [0.717, 1.165) is 31.5 Å². The number of ketones is 1. The van der Waals surface area contributed by atoms with Crippen molar-refractivity contribution in [3.63, 3.8) is 0 Å². The predicted molar refractivity (Wildman–Crippen MR) is 125 cm³/mol. The van der Waals surface area contributed by atoms with Gasteiger partial charge in [-0.15, -0.1) is 0 Å². The fraction of sp³-hybridized carbons (Fsp3) is 0.370. The molecule has 1 aliphatic carbocycles. The van der Waals surface area contributed by atoms with Crippen LogP contribution in [0.15, 0.2) is 73.1 Å². The number of fused-ring (bicyclic) bond motifs is 1. The van der Waals surface area contributed by atoms with E-state index in [1.807, 2.05) is 48.5 Å². The summed E-state index contributed by atoms with van der Waals surface area (Å²) in [6, 6.07) is 20.1. The van der Waals surface area contributed by atoms with E-state index in [-0.39, 0.29) is 5.78 Å². The van der Waals surface area contributed by atoms with Gasteiger partial charge in [0.05, 0.1) is 24.5 Å². The van der Waals surface area contributed by atoms with Crippen LogP contribution in [0.3, 0.4) is 0 Å². The van der Waals surface area contributed by atoms with Crippen molar-refractivity contribution in [2.75, 3.05) is 19.6 Å². The zero-order valence-corrected chi connectivity index (χ0v) is 18.6. The number of hydrogen-bond donors (Lipinski definition) is 1. The predicted octanol–water partition coefficient (Wildman–Crippen LogP) is 3.55. The molecule has 1 aromatic heterocycles. The lowest BCUT2D eigenvalue weighted by Crippen LogP contribution is -2.34. The van der Waals surface area contributed by atoms with Gasteiger partial charge in [-0.3, -0.25) is 9.69 Å². The second kappa shape index (κ2) is 9.41. The van der Waals surface area contributed by atoms with E-state index in [2.05, 4.69) is 27.0 Å². The van der Waals surface area contributed by atoms with E-state index in [4.69, 9.17) is 4.74 Å². The minimum absolute atomic E-state index is 0.0309. The highest BCUT2D eigenvalue weighted by Gasteiger charge is 2.48. The van der Waals surface area contributed by atoms with Crippen LogP contribution in [0.5, 0.6) is 5.88 Å². The van der Waals surface area contributed by atoms with E-state index in [0.29, 0.717) is 43.0 Å². The number of aliphatic hydroxyl groups is 1. The number of ether oxygens (including phenoxy) is 1. The molecule has 5 rings (SSSR count). The van der Waals surface area contributed by atoms with Crippen molar-refractivity contribution in [2.45, 2.75) is 31.5 Å². The fourth-order valence-corrected chi connectivity index (χ4v) is 5.36. The van der Waals surface area contributed by atoms with Crippen LogP contribution in [0.4, 0.5) is 0 Å². The van der Waals surface area contributed by atoms with Crippen molar-refractivity contribution in [2.24, 2.45) is 11.8 Å². The second-order valence-electron chi connectivity index (χ2n) is 9.45. The molecule has 2 aromatic carbocycles. The highest BCUT2D eigenvalue weighted by Crippen LogP contribution is 2.45. The second-order valence-corrected chi connectivity index (χ2v) is 9.45. The number of carbonyl (C=O) groups excluding carboxylic acids is 1. The van der Waals surface area contributed by atoms with Crippen molar-refractivity contribution in [3.8, 4) is 5.88 Å². The number of benzene rings is 2. The Kier molecular flexibility index (Phi) is 6.20. The maximum absolute atomic E-state index is 12.7. The number of hydrogen-bond acceptors (Lipinski definition) is 6. The Hall–Kier alpha value is -3.09. The van der Waals surface area contributed by atoms with Crippen LogP contribution in [0.25, 0.3) is 0 Å². The first-order chi connectivity index (χ1) is 16.1. The van der Waals surface area contributed by atoms with E-state index >= 15 is 0 Å². The third kappa shape index (κ3) is 5.29. The molecule has 0 radical (unpaired) electrons. The zero-order chi connectivity index (χ0) is 22.7. The van der Waals surface area contributed by atoms with Crippen LogP contribution >= 0.6 is 0 Å². The number of aromatic nitrogens is 2. The molecular formula is C27H29N3O3. The van der Waals surface area contributed by atoms with Gasteiger partial charge in [-0.1, -0.05) is 60.7 Å². The van der Waals surface area contributed by atoms with Gasteiger partial charge >= 0.3 is 0 Å². The molecule has 3 aromatic rings. The lowest BCUT2D eigenvalue weighted by atomic mass is 9.91. The summed E-state index contributed by atoms with van der Waals surface area (Å²) in [4.78, 5) is 23.5. The molecule has 0 amide bonds. The molecule has 0 bridgehead atoms. The average molecular weight is 444 g/mol. The molecule has 6 heteroatoms. The Morgan fingerprint density at radius 1 is 0.939 bits per heavy atom. The first kappa shape index (κ1) is 21.7. The molecule has 2 fully saturated rings. The molecule has 1 saturated heterocycles. The third-order valence-corrected chi connectivity index (χ3v) is 6.82. The quantitative estimate of drug-likeness (QED) is 0.537. The standard InChI is InChI=1S/C27H29N3O3/c31-25(24-14-29-26(15-28-24)33-19-21-9-5-2-6-10-21)18-30-16-22-12-27(32,13-23(22)17-30)11-20-7-3-1-4-8-20/h1-10,14-15,22-23,32H,11-13,16-19H2/t22-,23+,27+. The zero-order valence-electron chi connectivity index (χ0n) is 18.6. The SMILES string of the molecule is O=C(CN1C[C@@H]2C[C@](O)(Cc3ccccc3)C[C@@H]2C1)c1cnc(OCc2ccccc2)cn1. The minimum Gasteiger partial charge on any atom is -0.472 e. The number of Topliss-reactive ketones (excluding diaryl/α,β-unsaturated/α-hetero) is 1. The molecule has 1 saturated carbocycles. The van der Waals surface area contributed by atoms with E-state index < -0.39 is 5.60 Å². The van der Waals surface area contributed by atoms with Crippen molar-refractivity contribution >= 4 is 5.78 Å². The Morgan fingerprint density at radius 2 is 1.58 bits per heavy atom. The van der Waals surface area contributed by atoms with Gasteiger partial charge in [0.2, 0.25) is 5.88 Å². The van der Waals surface area contributed by atoms with Gasteiger partial charge in [0.1, 0.15) is 12.3 Å². The maximum atomic E-state index is 12.7. The van der Waals surface area contributed by atoms with Gasteiger partial charge in [-0.25, -0.2) is 9.97 Å². The van der Waals surface area contributed by atoms with Crippen molar-refractivity contribution in [1.82, 2.24) is 14.9 Å². The number of carbonyl (C=O) groups is 1. The summed E-state index contributed by atoms with van der Waals surface area (Å²) in [5.74, 6) is 1.25. The molecule has 33 heavy (non-hydrogen) atoms. The van der Waals surface area contributed by atoms with Gasteiger partial charge in [-0.05, 0) is 35.8 Å². The van der Waals surface area contributed by atoms with Gasteiger partial charge in [0, 0.05) is 19.5 Å². The van der Waals surface area contributed by atoms with Gasteiger partial charge in [0.25, 0.3) is 0 Å². The minimum atomic E-state index is -0.631. The molecule has 0 spiro atoms. The summed E-state index contributed by atoms with van der Waals surface area (Å²) in [5, 5.41) is 11.1. The number of likely N-dealkylation sites (tertiary alicyclic amines) is 1. The van der Waals surface area contributed by atoms with Crippen LogP contribution in [0, 0.1) is 11.8 Å². The molecule has 2 heterocycles. The molecule has 170 valence electrons. The molecule has 3 atom stereocenters. The fourth-order valence-electron chi connectivity index (χ4n) is 5.36. The highest BCUT2D eigenvalue weighted by molar-refractivity contribution is 5.95. The molecule has 6 nitrogen and oxygen atoms in total. The number of nitrogens with zero attached hydrogens (tertiary/aromatic N) is 3. The van der Waals surface area contributed by atoms with Gasteiger partial charge < -0.3 is 9.84 Å². The summed E-state index contributed by atoms with van der Waals surface area (Å²) < 4.78 is 5.65. The molecule has 1 N–H and O–H groups in total. The van der Waals surface area contributed by atoms with Crippen LogP contribution in [-0.4, -0.2) is 51.0 Å². The topological polar surface area (TPSA) is 75.6 Å². The Morgan fingerprint density at radius 3 is 2.18 bits per heavy atom. The summed E-state index contributed by atoms with van der Waals surface area (Å²) in [6.07, 6.45) is 5.31. The molecule has 1 aliphatic heterocycles. The largest absolute Gasteiger partial charge is 0.472 e. The van der Waals surface area contributed by atoms with Gasteiger partial charge in [0.15, 0.2) is 5.78 Å². The average Bonchev–Trinajstić information content (AvgIpc) is 3.33. The van der Waals surface area contributed by atoms with E-state index in [1.165, 1.54) is 18.0 Å². The highest BCUT2D eigenvalue weighted by atomic mass is 16.5. The van der Waals surface area contributed by atoms with Crippen molar-refractivity contribution in [3.05, 3.63) is 89.9 Å². The summed E-state index contributed by atoms with van der Waals surface area (Å²) in [6.45, 7) is 2.44. The van der Waals surface area contributed by atoms with E-state index in [1.54, 1.807) is 0 Å². The lowest BCUT2D eigenvalue weighted by Gasteiger charge is -2.26. The Labute approximate surface area is 194 Å². The normalized spacial score (nSPS) is 24.5. The lowest BCUT2D eigenvalue weighted by molar-refractivity contribution is 0.0355. The maximum Gasteiger partial charge on any atom is 0.232 e.